The summed E-state index contributed by atoms with van der Waals surface area (Å²) >= 11 is 9.09. The molecule has 0 bridgehead atoms. The van der Waals surface area contributed by atoms with Gasteiger partial charge in [0.15, 0.2) is 6.61 Å². The van der Waals surface area contributed by atoms with Crippen molar-refractivity contribution in [3.63, 3.8) is 0 Å². The Morgan fingerprint density at radius 1 is 1.17 bits per heavy atom. The first-order chi connectivity index (χ1) is 11.5. The lowest BCUT2D eigenvalue weighted by Crippen LogP contribution is -2.35. The minimum Gasteiger partial charge on any atom is -0.482 e. The highest BCUT2D eigenvalue weighted by atomic mass is 79.9. The predicted octanol–water partition coefficient (Wildman–Crippen LogP) is 3.38. The number of nitrogens with one attached hydrogen (secondary N) is 2. The summed E-state index contributed by atoms with van der Waals surface area (Å²) in [7, 11) is 0. The van der Waals surface area contributed by atoms with Crippen molar-refractivity contribution in [2.75, 3.05) is 18.5 Å². The van der Waals surface area contributed by atoms with E-state index in [9.17, 15) is 14.0 Å². The Balaban J connectivity index is 1.76. The van der Waals surface area contributed by atoms with Crippen LogP contribution in [0, 0.1) is 5.82 Å². The van der Waals surface area contributed by atoms with Gasteiger partial charge in [0, 0.05) is 4.47 Å². The van der Waals surface area contributed by atoms with Crippen molar-refractivity contribution in [3.05, 3.63) is 57.8 Å². The monoisotopic (exact) mass is 414 g/mol. The molecule has 0 atom stereocenters. The lowest BCUT2D eigenvalue weighted by molar-refractivity contribution is -0.125. The number of anilines is 1. The fourth-order valence-corrected chi connectivity index (χ4v) is 2.33. The van der Waals surface area contributed by atoms with E-state index in [1.807, 2.05) is 6.07 Å². The van der Waals surface area contributed by atoms with Gasteiger partial charge in [0.1, 0.15) is 11.6 Å². The minimum atomic E-state index is -0.502. The Labute approximate surface area is 151 Å². The zero-order valence-corrected chi connectivity index (χ0v) is 14.7. The van der Waals surface area contributed by atoms with Crippen molar-refractivity contribution >= 4 is 45.0 Å². The van der Waals surface area contributed by atoms with Gasteiger partial charge in [-0.2, -0.15) is 0 Å². The van der Waals surface area contributed by atoms with Crippen molar-refractivity contribution in [2.45, 2.75) is 0 Å². The second-order valence-corrected chi connectivity index (χ2v) is 5.93. The molecule has 2 aromatic rings. The second kappa shape index (κ2) is 8.65. The van der Waals surface area contributed by atoms with Gasteiger partial charge in [0.2, 0.25) is 5.91 Å². The van der Waals surface area contributed by atoms with Gasteiger partial charge in [0.05, 0.1) is 17.3 Å². The van der Waals surface area contributed by atoms with Crippen molar-refractivity contribution in [2.24, 2.45) is 0 Å². The fourth-order valence-electron chi connectivity index (χ4n) is 1.72. The third-order valence-electron chi connectivity index (χ3n) is 2.85. The average Bonchev–Trinajstić information content (AvgIpc) is 2.54. The van der Waals surface area contributed by atoms with Gasteiger partial charge in [-0.15, -0.1) is 0 Å². The van der Waals surface area contributed by atoms with E-state index in [1.165, 1.54) is 12.1 Å². The summed E-state index contributed by atoms with van der Waals surface area (Å²) in [5, 5.41) is 5.13. The predicted molar refractivity (Wildman–Crippen MR) is 92.7 cm³/mol. The maximum atomic E-state index is 12.9. The van der Waals surface area contributed by atoms with E-state index >= 15 is 0 Å². The molecule has 0 saturated carbocycles. The largest absolute Gasteiger partial charge is 0.482 e. The number of ether oxygens (including phenoxy) is 1. The Hall–Kier alpha value is -2.12. The molecule has 2 amide bonds. The number of para-hydroxylation sites is 1. The molecule has 0 fully saturated rings. The molecule has 0 heterocycles. The van der Waals surface area contributed by atoms with Crippen LogP contribution in [-0.4, -0.2) is 25.0 Å². The highest BCUT2D eigenvalue weighted by Crippen LogP contribution is 2.24. The van der Waals surface area contributed by atoms with E-state index in [2.05, 4.69) is 26.6 Å². The second-order valence-electron chi connectivity index (χ2n) is 4.67. The van der Waals surface area contributed by atoms with Crippen LogP contribution in [0.4, 0.5) is 10.1 Å². The zero-order chi connectivity index (χ0) is 17.5. The summed E-state index contributed by atoms with van der Waals surface area (Å²) in [5.41, 5.74) is 0.603. The van der Waals surface area contributed by atoms with Crippen LogP contribution in [0.3, 0.4) is 0 Å². The van der Waals surface area contributed by atoms with E-state index in [0.717, 1.165) is 10.5 Å². The summed E-state index contributed by atoms with van der Waals surface area (Å²) < 4.78 is 18.8. The smallest absolute Gasteiger partial charge is 0.258 e. The van der Waals surface area contributed by atoms with Crippen molar-refractivity contribution in [1.29, 1.82) is 0 Å². The maximum Gasteiger partial charge on any atom is 0.258 e. The van der Waals surface area contributed by atoms with E-state index in [1.54, 1.807) is 18.2 Å². The van der Waals surface area contributed by atoms with Crippen LogP contribution in [0.15, 0.2) is 46.9 Å². The molecule has 24 heavy (non-hydrogen) atoms. The first-order valence-corrected chi connectivity index (χ1v) is 8.02. The topological polar surface area (TPSA) is 67.4 Å². The fraction of sp³-hybridized carbons (Fsp3) is 0.125. The molecule has 0 radical (unpaired) electrons. The molecule has 0 saturated heterocycles. The minimum absolute atomic E-state index is 0.0643. The quantitative estimate of drug-likeness (QED) is 0.760. The number of halogens is 3. The van der Waals surface area contributed by atoms with Crippen LogP contribution in [0.5, 0.6) is 5.75 Å². The van der Waals surface area contributed by atoms with Gasteiger partial charge < -0.3 is 15.4 Å². The summed E-state index contributed by atoms with van der Waals surface area (Å²) in [4.78, 5) is 23.5. The first-order valence-electron chi connectivity index (χ1n) is 6.84. The molecule has 126 valence electrons. The zero-order valence-electron chi connectivity index (χ0n) is 12.3. The van der Waals surface area contributed by atoms with Crippen molar-refractivity contribution in [1.82, 2.24) is 5.32 Å². The van der Waals surface area contributed by atoms with E-state index in [0.29, 0.717) is 5.69 Å². The highest BCUT2D eigenvalue weighted by Gasteiger charge is 2.09. The van der Waals surface area contributed by atoms with Gasteiger partial charge in [0.25, 0.3) is 5.91 Å². The van der Waals surface area contributed by atoms with Crippen LogP contribution < -0.4 is 15.4 Å². The number of rotatable bonds is 6. The number of carbonyl (C=O) groups is 2. The number of hydrogen-bond acceptors (Lipinski definition) is 3. The van der Waals surface area contributed by atoms with Crippen LogP contribution in [0.1, 0.15) is 0 Å². The van der Waals surface area contributed by atoms with Gasteiger partial charge in [-0.25, -0.2) is 4.39 Å². The lowest BCUT2D eigenvalue weighted by atomic mass is 10.3. The van der Waals surface area contributed by atoms with Gasteiger partial charge in [-0.1, -0.05) is 23.7 Å². The normalized spacial score (nSPS) is 10.1. The molecule has 0 spiro atoms. The van der Waals surface area contributed by atoms with Crippen molar-refractivity contribution < 1.29 is 18.7 Å². The third kappa shape index (κ3) is 5.50. The molecule has 0 unspecified atom stereocenters. The molecule has 0 aliphatic rings. The number of carbonyl (C=O) groups excluding carboxylic acids is 2. The van der Waals surface area contributed by atoms with E-state index in [-0.39, 0.29) is 29.8 Å². The van der Waals surface area contributed by atoms with Gasteiger partial charge >= 0.3 is 0 Å². The number of hydrogen-bond donors (Lipinski definition) is 2. The standard InChI is InChI=1S/C16H13BrClFN2O3/c17-11-3-1-2-4-13(11)21-15(22)8-20-16(23)9-24-14-6-5-10(19)7-12(14)18/h1-7H,8-9H2,(H,20,23)(H,21,22). The summed E-state index contributed by atoms with van der Waals surface area (Å²) in [6.07, 6.45) is 0. The van der Waals surface area contributed by atoms with Gasteiger partial charge in [-0.05, 0) is 46.3 Å². The Bertz CT molecular complexity index is 758. The van der Waals surface area contributed by atoms with Crippen LogP contribution in [0.2, 0.25) is 5.02 Å². The van der Waals surface area contributed by atoms with E-state index < -0.39 is 11.7 Å². The molecule has 0 aliphatic carbocycles. The Morgan fingerprint density at radius 2 is 1.92 bits per heavy atom. The third-order valence-corrected chi connectivity index (χ3v) is 3.83. The number of benzene rings is 2. The average molecular weight is 416 g/mol. The van der Waals surface area contributed by atoms with Crippen molar-refractivity contribution in [3.8, 4) is 5.75 Å². The molecular weight excluding hydrogens is 403 g/mol. The highest BCUT2D eigenvalue weighted by molar-refractivity contribution is 9.10. The molecule has 5 nitrogen and oxygen atoms in total. The van der Waals surface area contributed by atoms with Crippen LogP contribution in [0.25, 0.3) is 0 Å². The molecule has 8 heteroatoms. The molecule has 0 aromatic heterocycles. The summed E-state index contributed by atoms with van der Waals surface area (Å²) in [6, 6.07) is 10.7. The maximum absolute atomic E-state index is 12.9. The molecular formula is C16H13BrClFN2O3. The summed E-state index contributed by atoms with van der Waals surface area (Å²) in [5.74, 6) is -1.20. The van der Waals surface area contributed by atoms with Crippen LogP contribution >= 0.6 is 27.5 Å². The molecule has 2 aromatic carbocycles. The van der Waals surface area contributed by atoms with Crippen LogP contribution in [-0.2, 0) is 9.59 Å². The van der Waals surface area contributed by atoms with E-state index in [4.69, 9.17) is 16.3 Å². The number of amides is 2. The molecule has 2 rings (SSSR count). The Morgan fingerprint density at radius 3 is 2.62 bits per heavy atom. The lowest BCUT2D eigenvalue weighted by Gasteiger charge is -2.10. The van der Waals surface area contributed by atoms with Gasteiger partial charge in [-0.3, -0.25) is 9.59 Å². The summed E-state index contributed by atoms with van der Waals surface area (Å²) in [6.45, 7) is -0.547. The molecule has 2 N–H and O–H groups in total. The molecule has 0 aliphatic heterocycles. The first kappa shape index (κ1) is 18.2. The SMILES string of the molecule is O=C(COc1ccc(F)cc1Cl)NCC(=O)Nc1ccccc1Br. The Kier molecular flexibility index (Phi) is 6.57.